The van der Waals surface area contributed by atoms with E-state index in [0.29, 0.717) is 5.41 Å². The summed E-state index contributed by atoms with van der Waals surface area (Å²) >= 11 is 0. The fraction of sp³-hybridized carbons (Fsp3) is 0.667. The van der Waals surface area contributed by atoms with Crippen molar-refractivity contribution in [2.45, 2.75) is 19.3 Å². The fourth-order valence-electron chi connectivity index (χ4n) is 1.86. The average molecular weight is 150 g/mol. The SMILES string of the molecule is C1=CC2(CC=N1)CCNCC2. The molecule has 1 spiro atoms. The molecule has 2 heteroatoms. The summed E-state index contributed by atoms with van der Waals surface area (Å²) in [5.41, 5.74) is 0.465. The second-order valence-electron chi connectivity index (χ2n) is 3.46. The van der Waals surface area contributed by atoms with Gasteiger partial charge in [0.2, 0.25) is 0 Å². The molecule has 1 N–H and O–H groups in total. The fourth-order valence-corrected chi connectivity index (χ4v) is 1.86. The van der Waals surface area contributed by atoms with Crippen molar-refractivity contribution < 1.29 is 0 Å². The standard InChI is InChI=1S/C9H14N2/c1-5-10-6-2-9(1)3-7-11-8-4-9/h1,5-6,11H,2-4,7-8H2. The van der Waals surface area contributed by atoms with Crippen molar-refractivity contribution in [3.05, 3.63) is 12.3 Å². The molecule has 0 saturated carbocycles. The molecule has 0 aromatic rings. The first kappa shape index (κ1) is 7.04. The van der Waals surface area contributed by atoms with Gasteiger partial charge in [0, 0.05) is 12.4 Å². The van der Waals surface area contributed by atoms with Gasteiger partial charge in [0.15, 0.2) is 0 Å². The van der Waals surface area contributed by atoms with E-state index < -0.39 is 0 Å². The zero-order valence-electron chi connectivity index (χ0n) is 6.71. The summed E-state index contributed by atoms with van der Waals surface area (Å²) in [6.45, 7) is 2.33. The Kier molecular flexibility index (Phi) is 1.78. The largest absolute Gasteiger partial charge is 0.317 e. The number of piperidine rings is 1. The molecule has 2 nitrogen and oxygen atoms in total. The van der Waals surface area contributed by atoms with E-state index in [1.54, 1.807) is 0 Å². The Morgan fingerprint density at radius 2 is 2.09 bits per heavy atom. The Labute approximate surface area is 67.4 Å². The normalized spacial score (nSPS) is 27.6. The first-order chi connectivity index (χ1) is 5.41. The van der Waals surface area contributed by atoms with Gasteiger partial charge in [-0.1, -0.05) is 6.08 Å². The molecule has 2 aliphatic heterocycles. The predicted molar refractivity (Wildman–Crippen MR) is 46.8 cm³/mol. The van der Waals surface area contributed by atoms with Crippen molar-refractivity contribution in [2.24, 2.45) is 10.4 Å². The third-order valence-electron chi connectivity index (χ3n) is 2.72. The van der Waals surface area contributed by atoms with Crippen molar-refractivity contribution >= 4 is 6.21 Å². The predicted octanol–water partition coefficient (Wildman–Crippen LogP) is 1.34. The quantitative estimate of drug-likeness (QED) is 0.553. The van der Waals surface area contributed by atoms with Crippen LogP contribution < -0.4 is 5.32 Å². The van der Waals surface area contributed by atoms with Crippen molar-refractivity contribution in [1.29, 1.82) is 0 Å². The molecule has 0 aliphatic carbocycles. The van der Waals surface area contributed by atoms with Gasteiger partial charge in [-0.05, 0) is 37.8 Å². The smallest absolute Gasteiger partial charge is 0.0229 e. The molecular weight excluding hydrogens is 136 g/mol. The van der Waals surface area contributed by atoms with Crippen molar-refractivity contribution in [3.63, 3.8) is 0 Å². The number of hydrogen-bond acceptors (Lipinski definition) is 2. The summed E-state index contributed by atoms with van der Waals surface area (Å²) in [6.07, 6.45) is 9.98. The van der Waals surface area contributed by atoms with E-state index in [0.717, 1.165) is 19.5 Å². The Morgan fingerprint density at radius 1 is 1.27 bits per heavy atom. The van der Waals surface area contributed by atoms with Crippen molar-refractivity contribution in [2.75, 3.05) is 13.1 Å². The van der Waals surface area contributed by atoms with E-state index in [-0.39, 0.29) is 0 Å². The molecular formula is C9H14N2. The van der Waals surface area contributed by atoms with Gasteiger partial charge in [0.1, 0.15) is 0 Å². The summed E-state index contributed by atoms with van der Waals surface area (Å²) in [5.74, 6) is 0. The first-order valence-electron chi connectivity index (χ1n) is 4.31. The van der Waals surface area contributed by atoms with Gasteiger partial charge in [-0.25, -0.2) is 0 Å². The van der Waals surface area contributed by atoms with Crippen LogP contribution >= 0.6 is 0 Å². The van der Waals surface area contributed by atoms with Crippen LogP contribution in [0.25, 0.3) is 0 Å². The van der Waals surface area contributed by atoms with Crippen LogP contribution in [0.1, 0.15) is 19.3 Å². The van der Waals surface area contributed by atoms with Crippen LogP contribution in [0.3, 0.4) is 0 Å². The van der Waals surface area contributed by atoms with Crippen molar-refractivity contribution in [1.82, 2.24) is 5.32 Å². The third-order valence-corrected chi connectivity index (χ3v) is 2.72. The number of allylic oxidation sites excluding steroid dienone is 1. The van der Waals surface area contributed by atoms with Gasteiger partial charge in [-0.2, -0.15) is 0 Å². The number of hydrogen-bond donors (Lipinski definition) is 1. The summed E-state index contributed by atoms with van der Waals surface area (Å²) < 4.78 is 0. The Bertz CT molecular complexity index is 188. The topological polar surface area (TPSA) is 24.4 Å². The zero-order valence-corrected chi connectivity index (χ0v) is 6.71. The lowest BCUT2D eigenvalue weighted by Gasteiger charge is -2.34. The maximum atomic E-state index is 4.10. The van der Waals surface area contributed by atoms with Gasteiger partial charge >= 0.3 is 0 Å². The molecule has 2 rings (SSSR count). The molecule has 1 saturated heterocycles. The second-order valence-corrected chi connectivity index (χ2v) is 3.46. The number of nitrogens with one attached hydrogen (secondary N) is 1. The molecule has 0 atom stereocenters. The third kappa shape index (κ3) is 1.36. The Hall–Kier alpha value is -0.630. The highest BCUT2D eigenvalue weighted by atomic mass is 14.9. The lowest BCUT2D eigenvalue weighted by molar-refractivity contribution is 0.281. The van der Waals surface area contributed by atoms with Crippen LogP contribution in [-0.2, 0) is 0 Å². The zero-order chi connectivity index (χ0) is 7.57. The minimum atomic E-state index is 0.465. The molecule has 0 amide bonds. The minimum absolute atomic E-state index is 0.465. The van der Waals surface area contributed by atoms with Crippen LogP contribution in [0, 0.1) is 5.41 Å². The van der Waals surface area contributed by atoms with Gasteiger partial charge in [-0.3, -0.25) is 4.99 Å². The lowest BCUT2D eigenvalue weighted by Crippen LogP contribution is -2.36. The number of aliphatic imine (C=N–C) groups is 1. The van der Waals surface area contributed by atoms with E-state index in [4.69, 9.17) is 0 Å². The van der Waals surface area contributed by atoms with E-state index in [1.807, 2.05) is 12.4 Å². The number of rotatable bonds is 0. The van der Waals surface area contributed by atoms with Crippen LogP contribution in [0.15, 0.2) is 17.3 Å². The second kappa shape index (κ2) is 2.78. The van der Waals surface area contributed by atoms with Gasteiger partial charge in [-0.15, -0.1) is 0 Å². The highest BCUT2D eigenvalue weighted by Crippen LogP contribution is 2.34. The summed E-state index contributed by atoms with van der Waals surface area (Å²) in [4.78, 5) is 4.10. The lowest BCUT2D eigenvalue weighted by atomic mass is 9.76. The van der Waals surface area contributed by atoms with E-state index >= 15 is 0 Å². The Morgan fingerprint density at radius 3 is 2.73 bits per heavy atom. The van der Waals surface area contributed by atoms with Crippen LogP contribution in [0.2, 0.25) is 0 Å². The molecule has 0 bridgehead atoms. The maximum Gasteiger partial charge on any atom is 0.0229 e. The highest BCUT2D eigenvalue weighted by molar-refractivity contribution is 5.61. The van der Waals surface area contributed by atoms with Crippen LogP contribution in [0.4, 0.5) is 0 Å². The van der Waals surface area contributed by atoms with Crippen LogP contribution in [-0.4, -0.2) is 19.3 Å². The van der Waals surface area contributed by atoms with Gasteiger partial charge < -0.3 is 5.32 Å². The summed E-state index contributed by atoms with van der Waals surface area (Å²) in [6, 6.07) is 0. The van der Waals surface area contributed by atoms with E-state index in [1.165, 1.54) is 12.8 Å². The molecule has 2 heterocycles. The van der Waals surface area contributed by atoms with Gasteiger partial charge in [0.25, 0.3) is 0 Å². The molecule has 0 unspecified atom stereocenters. The van der Waals surface area contributed by atoms with Crippen LogP contribution in [0.5, 0.6) is 0 Å². The molecule has 60 valence electrons. The van der Waals surface area contributed by atoms with E-state index in [2.05, 4.69) is 16.4 Å². The molecule has 0 aromatic carbocycles. The van der Waals surface area contributed by atoms with Crippen molar-refractivity contribution in [3.8, 4) is 0 Å². The van der Waals surface area contributed by atoms with Gasteiger partial charge in [0.05, 0.1) is 0 Å². The molecule has 2 aliphatic rings. The molecule has 0 radical (unpaired) electrons. The van der Waals surface area contributed by atoms with E-state index in [9.17, 15) is 0 Å². The number of nitrogens with zero attached hydrogens (tertiary/aromatic N) is 1. The monoisotopic (exact) mass is 150 g/mol. The first-order valence-corrected chi connectivity index (χ1v) is 4.31. The average Bonchev–Trinajstić information content (AvgIpc) is 2.07. The Balaban J connectivity index is 2.08. The summed E-state index contributed by atoms with van der Waals surface area (Å²) in [5, 5.41) is 3.38. The minimum Gasteiger partial charge on any atom is -0.317 e. The maximum absolute atomic E-state index is 4.10. The molecule has 0 aromatic heterocycles. The molecule has 11 heavy (non-hydrogen) atoms. The molecule has 1 fully saturated rings. The summed E-state index contributed by atoms with van der Waals surface area (Å²) in [7, 11) is 0. The highest BCUT2D eigenvalue weighted by Gasteiger charge is 2.29.